The molecule has 2 aromatic carbocycles. The highest BCUT2D eigenvalue weighted by Gasteiger charge is 2.13. The smallest absolute Gasteiger partial charge is 0.329 e. The topological polar surface area (TPSA) is 79.8 Å². The van der Waals surface area contributed by atoms with Crippen molar-refractivity contribution in [2.75, 3.05) is 11.9 Å². The van der Waals surface area contributed by atoms with Gasteiger partial charge in [0, 0.05) is 11.3 Å². The number of hydrogen-bond donors (Lipinski definition) is 2. The van der Waals surface area contributed by atoms with Crippen LogP contribution in [0, 0.1) is 13.8 Å². The van der Waals surface area contributed by atoms with Gasteiger partial charge in [-0.05, 0) is 56.2 Å². The van der Waals surface area contributed by atoms with Gasteiger partial charge < -0.3 is 10.1 Å². The highest BCUT2D eigenvalue weighted by Crippen LogP contribution is 2.15. The number of nitrogens with one attached hydrogen (secondary N) is 2. The summed E-state index contributed by atoms with van der Waals surface area (Å²) in [4.78, 5) is 23.8. The lowest BCUT2D eigenvalue weighted by atomic mass is 10.1. The Labute approximate surface area is 146 Å². The summed E-state index contributed by atoms with van der Waals surface area (Å²) in [6.45, 7) is 6.24. The molecule has 0 aromatic heterocycles. The molecule has 0 unspecified atom stereocenters. The molecule has 0 saturated heterocycles. The van der Waals surface area contributed by atoms with E-state index in [0.29, 0.717) is 23.6 Å². The predicted octanol–water partition coefficient (Wildman–Crippen LogP) is 2.79. The average molecular weight is 339 g/mol. The summed E-state index contributed by atoms with van der Waals surface area (Å²) in [5, 5.41) is 6.37. The first-order valence-corrected chi connectivity index (χ1v) is 7.94. The lowest BCUT2D eigenvalue weighted by Gasteiger charge is -2.07. The van der Waals surface area contributed by atoms with Crippen LogP contribution in [0.15, 0.2) is 47.6 Å². The number of carbonyl (C=O) groups is 2. The molecule has 2 aromatic rings. The van der Waals surface area contributed by atoms with Gasteiger partial charge in [0.1, 0.15) is 5.75 Å². The van der Waals surface area contributed by atoms with Crippen LogP contribution in [-0.2, 0) is 9.59 Å². The lowest BCUT2D eigenvalue weighted by molar-refractivity contribution is -0.136. The first kappa shape index (κ1) is 18.2. The molecule has 2 rings (SSSR count). The zero-order valence-corrected chi connectivity index (χ0v) is 14.5. The Bertz CT molecular complexity index is 780. The second-order valence-electron chi connectivity index (χ2n) is 5.50. The van der Waals surface area contributed by atoms with E-state index in [1.807, 2.05) is 39.0 Å². The molecule has 6 heteroatoms. The van der Waals surface area contributed by atoms with E-state index in [4.69, 9.17) is 4.74 Å². The molecule has 0 atom stereocenters. The van der Waals surface area contributed by atoms with Crippen LogP contribution >= 0.6 is 0 Å². The molecule has 2 N–H and O–H groups in total. The molecular formula is C19H21N3O3. The number of benzene rings is 2. The number of aryl methyl sites for hydroxylation is 2. The molecule has 0 aliphatic heterocycles. The summed E-state index contributed by atoms with van der Waals surface area (Å²) in [6, 6.07) is 12.8. The highest BCUT2D eigenvalue weighted by molar-refractivity contribution is 6.39. The normalized spacial score (nSPS) is 10.5. The van der Waals surface area contributed by atoms with E-state index in [-0.39, 0.29) is 0 Å². The van der Waals surface area contributed by atoms with Crippen LogP contribution in [0.5, 0.6) is 5.75 Å². The predicted molar refractivity (Wildman–Crippen MR) is 97.9 cm³/mol. The summed E-state index contributed by atoms with van der Waals surface area (Å²) in [5.41, 5.74) is 5.50. The number of para-hydroxylation sites is 1. The summed E-state index contributed by atoms with van der Waals surface area (Å²) < 4.78 is 5.46. The number of amides is 2. The molecule has 0 heterocycles. The molecule has 0 fully saturated rings. The fourth-order valence-electron chi connectivity index (χ4n) is 2.32. The molecule has 130 valence electrons. The van der Waals surface area contributed by atoms with Crippen LogP contribution in [0.3, 0.4) is 0 Å². The fraction of sp³-hybridized carbons (Fsp3) is 0.211. The zero-order valence-electron chi connectivity index (χ0n) is 14.5. The number of carbonyl (C=O) groups excluding carboxylic acids is 2. The van der Waals surface area contributed by atoms with Crippen LogP contribution in [0.2, 0.25) is 0 Å². The van der Waals surface area contributed by atoms with Gasteiger partial charge in [-0.1, -0.05) is 18.2 Å². The van der Waals surface area contributed by atoms with Crippen LogP contribution in [0.1, 0.15) is 23.6 Å². The largest absolute Gasteiger partial charge is 0.493 e. The molecule has 0 aliphatic rings. The van der Waals surface area contributed by atoms with Crippen LogP contribution in [-0.4, -0.2) is 24.6 Å². The number of rotatable bonds is 5. The maximum atomic E-state index is 11.9. The average Bonchev–Trinajstić information content (AvgIpc) is 2.55. The van der Waals surface area contributed by atoms with E-state index in [0.717, 1.165) is 11.1 Å². The van der Waals surface area contributed by atoms with Gasteiger partial charge in [0.05, 0.1) is 12.8 Å². The van der Waals surface area contributed by atoms with Crippen molar-refractivity contribution in [3.63, 3.8) is 0 Å². The SMILES string of the molecule is CCOc1ccccc1/C=N\NC(=O)C(=O)Nc1cc(C)cc(C)c1. The lowest BCUT2D eigenvalue weighted by Crippen LogP contribution is -2.32. The molecule has 6 nitrogen and oxygen atoms in total. The third kappa shape index (κ3) is 5.46. The Balaban J connectivity index is 1.96. The second-order valence-corrected chi connectivity index (χ2v) is 5.50. The van der Waals surface area contributed by atoms with Gasteiger partial charge in [-0.3, -0.25) is 9.59 Å². The van der Waals surface area contributed by atoms with Crippen molar-refractivity contribution in [2.45, 2.75) is 20.8 Å². The van der Waals surface area contributed by atoms with Gasteiger partial charge in [-0.25, -0.2) is 5.43 Å². The van der Waals surface area contributed by atoms with Gasteiger partial charge in [-0.15, -0.1) is 0 Å². The van der Waals surface area contributed by atoms with Crippen LogP contribution < -0.4 is 15.5 Å². The Hall–Kier alpha value is -3.15. The first-order chi connectivity index (χ1) is 12.0. The summed E-state index contributed by atoms with van der Waals surface area (Å²) >= 11 is 0. The van der Waals surface area contributed by atoms with Crippen molar-refractivity contribution in [2.24, 2.45) is 5.10 Å². The van der Waals surface area contributed by atoms with Crippen molar-refractivity contribution in [1.29, 1.82) is 0 Å². The first-order valence-electron chi connectivity index (χ1n) is 7.94. The maximum absolute atomic E-state index is 11.9. The maximum Gasteiger partial charge on any atom is 0.329 e. The van der Waals surface area contributed by atoms with Gasteiger partial charge in [0.15, 0.2) is 0 Å². The molecule has 0 bridgehead atoms. The monoisotopic (exact) mass is 339 g/mol. The van der Waals surface area contributed by atoms with Crippen LogP contribution in [0.4, 0.5) is 5.69 Å². The second kappa shape index (κ2) is 8.63. The molecule has 0 spiro atoms. The third-order valence-corrected chi connectivity index (χ3v) is 3.27. The fourth-order valence-corrected chi connectivity index (χ4v) is 2.32. The number of hydrazone groups is 1. The number of hydrogen-bond acceptors (Lipinski definition) is 4. The van der Waals surface area contributed by atoms with E-state index < -0.39 is 11.8 Å². The van der Waals surface area contributed by atoms with Crippen LogP contribution in [0.25, 0.3) is 0 Å². The number of ether oxygens (including phenoxy) is 1. The summed E-state index contributed by atoms with van der Waals surface area (Å²) in [5.74, 6) is -0.966. The highest BCUT2D eigenvalue weighted by atomic mass is 16.5. The third-order valence-electron chi connectivity index (χ3n) is 3.27. The minimum Gasteiger partial charge on any atom is -0.493 e. The van der Waals surface area contributed by atoms with Crippen molar-refractivity contribution in [3.8, 4) is 5.75 Å². The Morgan fingerprint density at radius 3 is 2.44 bits per heavy atom. The van der Waals surface area contributed by atoms with E-state index in [2.05, 4.69) is 15.8 Å². The quantitative estimate of drug-likeness (QED) is 0.499. The van der Waals surface area contributed by atoms with E-state index in [1.165, 1.54) is 6.21 Å². The van der Waals surface area contributed by atoms with Crippen molar-refractivity contribution in [3.05, 3.63) is 59.2 Å². The molecule has 0 saturated carbocycles. The standard InChI is InChI=1S/C19H21N3O3/c1-4-25-17-8-6-5-7-15(17)12-20-22-19(24)18(23)21-16-10-13(2)9-14(3)11-16/h5-12H,4H2,1-3H3,(H,21,23)(H,22,24)/b20-12-. The molecule has 2 amide bonds. The molecule has 0 radical (unpaired) electrons. The molecular weight excluding hydrogens is 318 g/mol. The van der Waals surface area contributed by atoms with E-state index in [9.17, 15) is 9.59 Å². The Kier molecular flexibility index (Phi) is 6.28. The van der Waals surface area contributed by atoms with Crippen molar-refractivity contribution >= 4 is 23.7 Å². The minimum absolute atomic E-state index is 0.523. The van der Waals surface area contributed by atoms with Crippen molar-refractivity contribution in [1.82, 2.24) is 5.43 Å². The Morgan fingerprint density at radius 1 is 1.08 bits per heavy atom. The number of anilines is 1. The van der Waals surface area contributed by atoms with Crippen molar-refractivity contribution < 1.29 is 14.3 Å². The van der Waals surface area contributed by atoms with Gasteiger partial charge in [0.25, 0.3) is 0 Å². The van der Waals surface area contributed by atoms with Gasteiger partial charge in [-0.2, -0.15) is 5.10 Å². The minimum atomic E-state index is -0.843. The van der Waals surface area contributed by atoms with Gasteiger partial charge in [0.2, 0.25) is 0 Å². The van der Waals surface area contributed by atoms with E-state index >= 15 is 0 Å². The molecule has 25 heavy (non-hydrogen) atoms. The zero-order chi connectivity index (χ0) is 18.2. The summed E-state index contributed by atoms with van der Waals surface area (Å²) in [7, 11) is 0. The Morgan fingerprint density at radius 2 is 1.76 bits per heavy atom. The summed E-state index contributed by atoms with van der Waals surface area (Å²) in [6.07, 6.45) is 1.44. The van der Waals surface area contributed by atoms with E-state index in [1.54, 1.807) is 24.3 Å². The molecule has 0 aliphatic carbocycles. The van der Waals surface area contributed by atoms with Gasteiger partial charge >= 0.3 is 11.8 Å². The number of nitrogens with zero attached hydrogens (tertiary/aromatic N) is 1.